The van der Waals surface area contributed by atoms with Crippen molar-refractivity contribution in [3.63, 3.8) is 0 Å². The molecule has 3 amide bonds. The first-order valence-electron chi connectivity index (χ1n) is 10.1. The Morgan fingerprint density at radius 1 is 1.04 bits per heavy atom. The fourth-order valence-electron chi connectivity index (χ4n) is 3.73. The van der Waals surface area contributed by atoms with Crippen molar-refractivity contribution in [2.75, 3.05) is 45.9 Å². The van der Waals surface area contributed by atoms with Gasteiger partial charge in [-0.15, -0.1) is 0 Å². The topological polar surface area (TPSA) is 70.2 Å². The number of carbonyl (C=O) groups is 3. The lowest BCUT2D eigenvalue weighted by Gasteiger charge is -2.39. The van der Waals surface area contributed by atoms with Gasteiger partial charge >= 0.3 is 11.8 Å². The molecule has 2 aliphatic heterocycles. The third-order valence-electron chi connectivity index (χ3n) is 5.32. The highest BCUT2D eigenvalue weighted by Gasteiger charge is 2.41. The molecule has 2 fully saturated rings. The number of nitrogens with zero attached hydrogens (tertiary/aromatic N) is 3. The van der Waals surface area contributed by atoms with Crippen LogP contribution in [-0.2, 0) is 19.1 Å². The van der Waals surface area contributed by atoms with Gasteiger partial charge in [0.1, 0.15) is 6.04 Å². The molecule has 2 heterocycles. The molecule has 0 saturated carbocycles. The Kier molecular flexibility index (Phi) is 7.03. The van der Waals surface area contributed by atoms with Crippen molar-refractivity contribution in [1.82, 2.24) is 14.7 Å². The normalized spacial score (nSPS) is 19.5. The number of carbonyl (C=O) groups excluding carboxylic acids is 3. The van der Waals surface area contributed by atoms with E-state index in [0.717, 1.165) is 24.8 Å². The van der Waals surface area contributed by atoms with Crippen LogP contribution < -0.4 is 0 Å². The van der Waals surface area contributed by atoms with Gasteiger partial charge in [-0.05, 0) is 18.4 Å². The van der Waals surface area contributed by atoms with Crippen molar-refractivity contribution in [3.05, 3.63) is 35.9 Å². The second-order valence-corrected chi connectivity index (χ2v) is 7.25. The average Bonchev–Trinajstić information content (AvgIpc) is 3.01. The predicted octanol–water partition coefficient (Wildman–Crippen LogP) is 1.45. The number of hydrogen-bond acceptors (Lipinski definition) is 4. The van der Waals surface area contributed by atoms with Gasteiger partial charge in [-0.2, -0.15) is 0 Å². The Morgan fingerprint density at radius 3 is 2.57 bits per heavy atom. The smallest absolute Gasteiger partial charge is 0.313 e. The lowest BCUT2D eigenvalue weighted by atomic mass is 10.0. The Hall–Kier alpha value is -2.41. The number of rotatable bonds is 6. The van der Waals surface area contributed by atoms with Gasteiger partial charge in [-0.25, -0.2) is 0 Å². The molecule has 1 atom stereocenters. The highest BCUT2D eigenvalue weighted by molar-refractivity contribution is 6.35. The first-order chi connectivity index (χ1) is 13.6. The maximum absolute atomic E-state index is 13.4. The zero-order valence-corrected chi connectivity index (χ0v) is 16.5. The molecule has 0 radical (unpaired) electrons. The minimum atomic E-state index is -0.774. The Labute approximate surface area is 166 Å². The van der Waals surface area contributed by atoms with E-state index in [9.17, 15) is 14.4 Å². The van der Waals surface area contributed by atoms with Crippen molar-refractivity contribution in [2.24, 2.45) is 0 Å². The van der Waals surface area contributed by atoms with Crippen LogP contribution in [0.15, 0.2) is 30.3 Å². The quantitative estimate of drug-likeness (QED) is 0.693. The number of amides is 3. The molecule has 1 aromatic carbocycles. The molecule has 0 aromatic heterocycles. The zero-order valence-electron chi connectivity index (χ0n) is 16.5. The molecule has 28 heavy (non-hydrogen) atoms. The van der Waals surface area contributed by atoms with Crippen LogP contribution in [0.4, 0.5) is 0 Å². The van der Waals surface area contributed by atoms with Crippen molar-refractivity contribution in [3.8, 4) is 0 Å². The summed E-state index contributed by atoms with van der Waals surface area (Å²) in [6.45, 7) is 5.69. The van der Waals surface area contributed by atoms with E-state index in [4.69, 9.17) is 4.74 Å². The lowest BCUT2D eigenvalue weighted by Crippen LogP contribution is -2.57. The van der Waals surface area contributed by atoms with Crippen molar-refractivity contribution >= 4 is 17.7 Å². The average molecular weight is 387 g/mol. The molecule has 0 spiro atoms. The Morgan fingerprint density at radius 2 is 1.82 bits per heavy atom. The van der Waals surface area contributed by atoms with E-state index < -0.39 is 17.9 Å². The van der Waals surface area contributed by atoms with Crippen LogP contribution in [0.3, 0.4) is 0 Å². The monoisotopic (exact) mass is 387 g/mol. The minimum Gasteiger partial charge on any atom is -0.380 e. The fourth-order valence-corrected chi connectivity index (χ4v) is 3.73. The molecular formula is C21H29N3O4. The molecule has 2 saturated heterocycles. The largest absolute Gasteiger partial charge is 0.380 e. The van der Waals surface area contributed by atoms with Crippen LogP contribution in [-0.4, -0.2) is 78.4 Å². The zero-order chi connectivity index (χ0) is 19.9. The number of hydrogen-bond donors (Lipinski definition) is 0. The molecule has 7 nitrogen and oxygen atoms in total. The molecule has 152 valence electrons. The van der Waals surface area contributed by atoms with E-state index in [1.165, 1.54) is 4.90 Å². The highest BCUT2D eigenvalue weighted by Crippen LogP contribution is 2.26. The summed E-state index contributed by atoms with van der Waals surface area (Å²) in [4.78, 5) is 43.8. The van der Waals surface area contributed by atoms with E-state index >= 15 is 0 Å². The fraction of sp³-hybridized carbons (Fsp3) is 0.571. The maximum Gasteiger partial charge on any atom is 0.313 e. The third-order valence-corrected chi connectivity index (χ3v) is 5.32. The molecular weight excluding hydrogens is 358 g/mol. The molecule has 0 aliphatic carbocycles. The minimum absolute atomic E-state index is 0.139. The van der Waals surface area contributed by atoms with Crippen molar-refractivity contribution in [1.29, 1.82) is 0 Å². The van der Waals surface area contributed by atoms with E-state index in [0.29, 0.717) is 45.9 Å². The van der Waals surface area contributed by atoms with Crippen LogP contribution in [0.25, 0.3) is 0 Å². The second kappa shape index (κ2) is 9.68. The van der Waals surface area contributed by atoms with E-state index in [1.807, 2.05) is 30.3 Å². The lowest BCUT2D eigenvalue weighted by molar-refractivity contribution is -0.161. The number of unbranched alkanes of at least 4 members (excludes halogenated alkanes) is 1. The predicted molar refractivity (Wildman–Crippen MR) is 104 cm³/mol. The molecule has 0 unspecified atom stereocenters. The van der Waals surface area contributed by atoms with Crippen LogP contribution in [0.5, 0.6) is 0 Å². The van der Waals surface area contributed by atoms with Crippen molar-refractivity contribution < 1.29 is 19.1 Å². The van der Waals surface area contributed by atoms with E-state index in [2.05, 4.69) is 6.92 Å². The molecule has 0 N–H and O–H groups in total. The Bertz CT molecular complexity index is 686. The summed E-state index contributed by atoms with van der Waals surface area (Å²) in [6, 6.07) is 8.50. The second-order valence-electron chi connectivity index (χ2n) is 7.25. The van der Waals surface area contributed by atoms with Crippen LogP contribution in [0.2, 0.25) is 0 Å². The van der Waals surface area contributed by atoms with Crippen LogP contribution in [0.1, 0.15) is 37.8 Å². The molecule has 3 rings (SSSR count). The van der Waals surface area contributed by atoms with Gasteiger partial charge in [-0.1, -0.05) is 43.7 Å². The van der Waals surface area contributed by atoms with E-state index in [-0.39, 0.29) is 5.91 Å². The van der Waals surface area contributed by atoms with Gasteiger partial charge in [0.05, 0.1) is 6.61 Å². The van der Waals surface area contributed by atoms with E-state index in [1.54, 1.807) is 9.80 Å². The molecule has 1 aromatic rings. The third kappa shape index (κ3) is 4.52. The SMILES string of the molecule is CCCCN1CCN([C@H](C(=O)N2CCCOCC2)c2ccccc2)C(=O)C1=O. The first-order valence-corrected chi connectivity index (χ1v) is 10.1. The number of ether oxygens (including phenoxy) is 1. The number of benzene rings is 1. The molecule has 7 heteroatoms. The summed E-state index contributed by atoms with van der Waals surface area (Å²) in [5, 5.41) is 0. The van der Waals surface area contributed by atoms with Gasteiger partial charge in [-0.3, -0.25) is 14.4 Å². The maximum atomic E-state index is 13.4. The summed E-state index contributed by atoms with van der Waals surface area (Å²) in [7, 11) is 0. The highest BCUT2D eigenvalue weighted by atomic mass is 16.5. The molecule has 0 bridgehead atoms. The van der Waals surface area contributed by atoms with Gasteiger partial charge in [0, 0.05) is 39.3 Å². The molecule has 2 aliphatic rings. The Balaban J connectivity index is 1.84. The van der Waals surface area contributed by atoms with Crippen molar-refractivity contribution in [2.45, 2.75) is 32.2 Å². The summed E-state index contributed by atoms with van der Waals surface area (Å²) in [5.41, 5.74) is 0.737. The summed E-state index contributed by atoms with van der Waals surface area (Å²) in [6.07, 6.45) is 2.60. The van der Waals surface area contributed by atoms with Gasteiger partial charge in [0.2, 0.25) is 5.91 Å². The standard InChI is InChI=1S/C21H29N3O4/c1-2-3-10-22-12-13-24(21(27)20(22)26)18(17-8-5-4-6-9-17)19(25)23-11-7-15-28-16-14-23/h4-6,8-9,18H,2-3,7,10-16H2,1H3/t18-/m0/s1. The van der Waals surface area contributed by atoms with Crippen LogP contribution >= 0.6 is 0 Å². The van der Waals surface area contributed by atoms with Gasteiger partial charge in [0.15, 0.2) is 0 Å². The first kappa shape index (κ1) is 20.3. The van der Waals surface area contributed by atoms with Gasteiger partial charge < -0.3 is 19.4 Å². The summed E-state index contributed by atoms with van der Waals surface area (Å²) >= 11 is 0. The van der Waals surface area contributed by atoms with Crippen LogP contribution in [0, 0.1) is 0 Å². The summed E-state index contributed by atoms with van der Waals surface area (Å²) < 4.78 is 5.46. The van der Waals surface area contributed by atoms with Gasteiger partial charge in [0.25, 0.3) is 0 Å². The summed E-state index contributed by atoms with van der Waals surface area (Å²) in [5.74, 6) is -1.23. The number of piperazine rings is 1.